The predicted octanol–water partition coefficient (Wildman–Crippen LogP) is 6.70. The molecular formula is C28H39N2+. The standard InChI is InChI=1S/C28H39N2/c1-4-6-7-14-20-30-27(21-24(3)26-17-12-9-13-18-26)23-29(19-5-2)28(30)22-25-15-10-8-11-16-25/h8-13,15-18,23-24H,4-7,14,19-22H2,1-3H3/q+1. The Morgan fingerprint density at radius 1 is 0.833 bits per heavy atom. The summed E-state index contributed by atoms with van der Waals surface area (Å²) in [5.74, 6) is 1.99. The maximum absolute atomic E-state index is 2.65. The third-order valence-corrected chi connectivity index (χ3v) is 6.08. The van der Waals surface area contributed by atoms with Crippen LogP contribution in [-0.2, 0) is 25.9 Å². The van der Waals surface area contributed by atoms with E-state index in [9.17, 15) is 0 Å². The zero-order valence-corrected chi connectivity index (χ0v) is 19.2. The Morgan fingerprint density at radius 3 is 2.20 bits per heavy atom. The number of unbranched alkanes of at least 4 members (excludes halogenated alkanes) is 3. The van der Waals surface area contributed by atoms with Crippen molar-refractivity contribution in [1.29, 1.82) is 0 Å². The molecule has 3 aromatic rings. The smallest absolute Gasteiger partial charge is 0.234 e. The molecule has 0 N–H and O–H groups in total. The van der Waals surface area contributed by atoms with Gasteiger partial charge >= 0.3 is 0 Å². The first-order valence-corrected chi connectivity index (χ1v) is 11.9. The molecule has 2 nitrogen and oxygen atoms in total. The summed E-state index contributed by atoms with van der Waals surface area (Å²) in [6.45, 7) is 9.17. The van der Waals surface area contributed by atoms with Gasteiger partial charge in [0.15, 0.2) is 0 Å². The molecule has 0 aliphatic rings. The van der Waals surface area contributed by atoms with E-state index in [0.29, 0.717) is 5.92 Å². The van der Waals surface area contributed by atoms with E-state index in [1.54, 1.807) is 0 Å². The maximum Gasteiger partial charge on any atom is 0.261 e. The zero-order valence-electron chi connectivity index (χ0n) is 19.2. The lowest BCUT2D eigenvalue weighted by molar-refractivity contribution is -0.703. The molecule has 0 fully saturated rings. The Bertz CT molecular complexity index is 864. The van der Waals surface area contributed by atoms with Crippen LogP contribution in [0.2, 0.25) is 0 Å². The lowest BCUT2D eigenvalue weighted by Gasteiger charge is -2.12. The quantitative estimate of drug-likeness (QED) is 0.235. The summed E-state index contributed by atoms with van der Waals surface area (Å²) in [5.41, 5.74) is 4.32. The van der Waals surface area contributed by atoms with Crippen molar-refractivity contribution in [2.24, 2.45) is 0 Å². The average molecular weight is 404 g/mol. The second-order valence-electron chi connectivity index (χ2n) is 8.62. The van der Waals surface area contributed by atoms with Gasteiger partial charge in [-0.2, -0.15) is 0 Å². The van der Waals surface area contributed by atoms with Crippen molar-refractivity contribution in [3.05, 3.63) is 89.5 Å². The molecule has 1 unspecified atom stereocenters. The van der Waals surface area contributed by atoms with E-state index in [2.05, 4.69) is 96.8 Å². The van der Waals surface area contributed by atoms with Gasteiger partial charge in [-0.05, 0) is 36.3 Å². The van der Waals surface area contributed by atoms with Gasteiger partial charge in [0.05, 0.1) is 19.5 Å². The molecular weight excluding hydrogens is 364 g/mol. The molecule has 3 rings (SSSR count). The molecule has 1 heterocycles. The van der Waals surface area contributed by atoms with Crippen molar-refractivity contribution >= 4 is 0 Å². The fourth-order valence-corrected chi connectivity index (χ4v) is 4.40. The summed E-state index contributed by atoms with van der Waals surface area (Å²) in [5, 5.41) is 0. The number of aryl methyl sites for hydroxylation is 1. The van der Waals surface area contributed by atoms with Crippen LogP contribution in [0.25, 0.3) is 0 Å². The number of benzene rings is 2. The van der Waals surface area contributed by atoms with E-state index < -0.39 is 0 Å². The van der Waals surface area contributed by atoms with Crippen molar-refractivity contribution < 1.29 is 4.57 Å². The fraction of sp³-hybridized carbons (Fsp3) is 0.464. The molecule has 1 atom stereocenters. The molecule has 1 aromatic heterocycles. The second-order valence-corrected chi connectivity index (χ2v) is 8.62. The normalized spacial score (nSPS) is 12.2. The van der Waals surface area contributed by atoms with Crippen LogP contribution in [0, 0.1) is 0 Å². The van der Waals surface area contributed by atoms with Crippen molar-refractivity contribution in [1.82, 2.24) is 4.57 Å². The molecule has 30 heavy (non-hydrogen) atoms. The highest BCUT2D eigenvalue weighted by molar-refractivity contribution is 5.22. The van der Waals surface area contributed by atoms with Crippen LogP contribution >= 0.6 is 0 Å². The van der Waals surface area contributed by atoms with Crippen molar-refractivity contribution in [2.45, 2.75) is 84.7 Å². The molecule has 0 aliphatic carbocycles. The molecule has 160 valence electrons. The van der Waals surface area contributed by atoms with Gasteiger partial charge in [-0.15, -0.1) is 0 Å². The summed E-state index contributed by atoms with van der Waals surface area (Å²) in [6, 6.07) is 21.9. The molecule has 0 radical (unpaired) electrons. The van der Waals surface area contributed by atoms with Gasteiger partial charge in [0.1, 0.15) is 11.9 Å². The largest absolute Gasteiger partial charge is 0.261 e. The highest BCUT2D eigenvalue weighted by atomic mass is 15.2. The first kappa shape index (κ1) is 22.3. The molecule has 0 saturated heterocycles. The molecule has 0 bridgehead atoms. The minimum Gasteiger partial charge on any atom is -0.234 e. The third kappa shape index (κ3) is 6.08. The average Bonchev–Trinajstić information content (AvgIpc) is 3.08. The minimum absolute atomic E-state index is 0.523. The van der Waals surface area contributed by atoms with E-state index in [1.165, 1.54) is 54.7 Å². The number of hydrogen-bond acceptors (Lipinski definition) is 0. The zero-order chi connectivity index (χ0) is 21.2. The van der Waals surface area contributed by atoms with E-state index >= 15 is 0 Å². The van der Waals surface area contributed by atoms with Gasteiger partial charge in [0.2, 0.25) is 0 Å². The van der Waals surface area contributed by atoms with Gasteiger partial charge in [-0.25, -0.2) is 9.13 Å². The van der Waals surface area contributed by atoms with E-state index in [1.807, 2.05) is 0 Å². The summed E-state index contributed by atoms with van der Waals surface area (Å²) in [4.78, 5) is 0. The first-order chi connectivity index (χ1) is 14.7. The van der Waals surface area contributed by atoms with E-state index in [4.69, 9.17) is 0 Å². The number of aromatic nitrogens is 2. The Morgan fingerprint density at radius 2 is 1.53 bits per heavy atom. The van der Waals surface area contributed by atoms with Crippen LogP contribution in [0.3, 0.4) is 0 Å². The van der Waals surface area contributed by atoms with Gasteiger partial charge in [-0.3, -0.25) is 0 Å². The van der Waals surface area contributed by atoms with E-state index in [0.717, 1.165) is 25.9 Å². The molecule has 2 heteroatoms. The van der Waals surface area contributed by atoms with Crippen LogP contribution in [0.4, 0.5) is 0 Å². The predicted molar refractivity (Wildman–Crippen MR) is 127 cm³/mol. The maximum atomic E-state index is 2.65. The second kappa shape index (κ2) is 11.7. The summed E-state index contributed by atoms with van der Waals surface area (Å²) < 4.78 is 5.18. The lowest BCUT2D eigenvalue weighted by Crippen LogP contribution is -2.37. The van der Waals surface area contributed by atoms with Gasteiger partial charge < -0.3 is 0 Å². The van der Waals surface area contributed by atoms with E-state index in [-0.39, 0.29) is 0 Å². The van der Waals surface area contributed by atoms with Crippen LogP contribution in [0.1, 0.15) is 81.4 Å². The Labute approximate surface area is 183 Å². The van der Waals surface area contributed by atoms with Gasteiger partial charge in [0, 0.05) is 6.42 Å². The monoisotopic (exact) mass is 403 g/mol. The van der Waals surface area contributed by atoms with Crippen LogP contribution in [0.15, 0.2) is 66.9 Å². The number of imidazole rings is 1. The molecule has 0 saturated carbocycles. The third-order valence-electron chi connectivity index (χ3n) is 6.08. The Hall–Kier alpha value is -2.35. The molecule has 0 aliphatic heterocycles. The summed E-state index contributed by atoms with van der Waals surface area (Å²) >= 11 is 0. The highest BCUT2D eigenvalue weighted by Crippen LogP contribution is 2.22. The number of nitrogens with zero attached hydrogens (tertiary/aromatic N) is 2. The molecule has 0 spiro atoms. The lowest BCUT2D eigenvalue weighted by atomic mass is 9.96. The highest BCUT2D eigenvalue weighted by Gasteiger charge is 2.24. The van der Waals surface area contributed by atoms with Gasteiger partial charge in [0.25, 0.3) is 5.82 Å². The number of rotatable bonds is 12. The van der Waals surface area contributed by atoms with Crippen molar-refractivity contribution in [3.8, 4) is 0 Å². The molecule has 2 aromatic carbocycles. The van der Waals surface area contributed by atoms with Crippen molar-refractivity contribution in [3.63, 3.8) is 0 Å². The molecule has 0 amide bonds. The fourth-order valence-electron chi connectivity index (χ4n) is 4.40. The van der Waals surface area contributed by atoms with Gasteiger partial charge in [-0.1, -0.05) is 94.3 Å². The van der Waals surface area contributed by atoms with Crippen LogP contribution < -0.4 is 4.57 Å². The Balaban J connectivity index is 1.91. The topological polar surface area (TPSA) is 8.81 Å². The minimum atomic E-state index is 0.523. The SMILES string of the molecule is CCCCCCn1c(CC(C)c2ccccc2)c[n+](CCC)c1Cc1ccccc1. The summed E-state index contributed by atoms with van der Waals surface area (Å²) in [6.07, 6.45) is 10.9. The first-order valence-electron chi connectivity index (χ1n) is 11.9. The van der Waals surface area contributed by atoms with Crippen LogP contribution in [-0.4, -0.2) is 4.57 Å². The Kier molecular flexibility index (Phi) is 8.74. The summed E-state index contributed by atoms with van der Waals surface area (Å²) in [7, 11) is 0. The van der Waals surface area contributed by atoms with Crippen LogP contribution in [0.5, 0.6) is 0 Å². The number of hydrogen-bond donors (Lipinski definition) is 0. The van der Waals surface area contributed by atoms with Crippen molar-refractivity contribution in [2.75, 3.05) is 0 Å².